The topological polar surface area (TPSA) is 71.8 Å². The maximum Gasteiger partial charge on any atom is 0.187 e. The number of aryl methyl sites for hydroxylation is 1. The number of fused-ring (bicyclic) bond motifs is 4. The molecule has 2 fully saturated rings. The maximum absolute atomic E-state index is 14.5. The number of nitrogens with zero attached hydrogens (tertiary/aromatic N) is 6. The number of hydrogen-bond donors (Lipinski definition) is 1. The average Bonchev–Trinajstić information content (AvgIpc) is 3.42. The van der Waals surface area contributed by atoms with Crippen molar-refractivity contribution in [3.8, 4) is 11.4 Å². The van der Waals surface area contributed by atoms with Crippen molar-refractivity contribution in [2.75, 3.05) is 11.9 Å². The quantitative estimate of drug-likeness (QED) is 0.500. The Morgan fingerprint density at radius 3 is 2.74 bits per heavy atom. The van der Waals surface area contributed by atoms with E-state index < -0.39 is 0 Å². The largest absolute Gasteiger partial charge is 0.348 e. The van der Waals surface area contributed by atoms with Gasteiger partial charge in [0, 0.05) is 49.4 Å². The monoisotopic (exact) mass is 459 g/mol. The number of nitrogens with one attached hydrogen (secondary N) is 1. The van der Waals surface area contributed by atoms with Crippen LogP contribution >= 0.6 is 23.7 Å². The fourth-order valence-corrected chi connectivity index (χ4v) is 5.80. The first-order valence-electron chi connectivity index (χ1n) is 10.3. The van der Waals surface area contributed by atoms with E-state index in [2.05, 4.69) is 27.3 Å². The first-order chi connectivity index (χ1) is 14.5. The molecule has 4 aromatic rings. The molecule has 2 aliphatic heterocycles. The van der Waals surface area contributed by atoms with Crippen LogP contribution in [0.5, 0.6) is 0 Å². The Bertz CT molecular complexity index is 1260. The third-order valence-electron chi connectivity index (χ3n) is 6.37. The van der Waals surface area contributed by atoms with E-state index in [1.54, 1.807) is 35.5 Å². The van der Waals surface area contributed by atoms with Gasteiger partial charge in [0.25, 0.3) is 0 Å². The summed E-state index contributed by atoms with van der Waals surface area (Å²) < 4.78 is 16.1. The molecule has 31 heavy (non-hydrogen) atoms. The molecule has 7 nitrogen and oxygen atoms in total. The van der Waals surface area contributed by atoms with Gasteiger partial charge in [-0.2, -0.15) is 5.10 Å². The van der Waals surface area contributed by atoms with Gasteiger partial charge in [0.1, 0.15) is 15.9 Å². The summed E-state index contributed by atoms with van der Waals surface area (Å²) in [5, 5.41) is 9.56. The number of piperidine rings is 1. The average molecular weight is 460 g/mol. The first-order valence-corrected chi connectivity index (χ1v) is 11.1. The van der Waals surface area contributed by atoms with Crippen LogP contribution < -0.4 is 10.2 Å². The lowest BCUT2D eigenvalue weighted by Crippen LogP contribution is -2.47. The summed E-state index contributed by atoms with van der Waals surface area (Å²) in [5.74, 6) is 0.141. The van der Waals surface area contributed by atoms with E-state index in [0.717, 1.165) is 33.7 Å². The Hall–Kier alpha value is -2.36. The van der Waals surface area contributed by atoms with Crippen LogP contribution in [-0.4, -0.2) is 49.9 Å². The molecule has 0 spiro atoms. The zero-order valence-corrected chi connectivity index (χ0v) is 18.9. The predicted octanol–water partition coefficient (Wildman–Crippen LogP) is 3.92. The van der Waals surface area contributed by atoms with Crippen molar-refractivity contribution in [2.45, 2.75) is 43.8 Å². The number of rotatable bonds is 3. The first kappa shape index (κ1) is 20.5. The van der Waals surface area contributed by atoms with Crippen LogP contribution in [0.25, 0.3) is 32.6 Å². The Morgan fingerprint density at radius 1 is 1.19 bits per heavy atom. The third-order valence-corrected chi connectivity index (χ3v) is 7.43. The van der Waals surface area contributed by atoms with E-state index in [1.165, 1.54) is 18.9 Å². The molecule has 0 amide bonds. The third kappa shape index (κ3) is 3.54. The molecule has 5 heterocycles. The normalized spacial score (nSPS) is 22.7. The van der Waals surface area contributed by atoms with Crippen molar-refractivity contribution in [2.24, 2.45) is 7.05 Å². The number of aromatic nitrogens is 5. The fraction of sp³-hybridized carbons (Fsp3) is 0.429. The maximum atomic E-state index is 14.5. The van der Waals surface area contributed by atoms with Gasteiger partial charge in [-0.25, -0.2) is 19.3 Å². The summed E-state index contributed by atoms with van der Waals surface area (Å²) in [6.07, 6.45) is 8.41. The Labute approximate surface area is 189 Å². The van der Waals surface area contributed by atoms with Gasteiger partial charge in [-0.15, -0.1) is 12.4 Å². The van der Waals surface area contributed by atoms with E-state index in [1.807, 2.05) is 6.07 Å². The lowest BCUT2D eigenvalue weighted by molar-refractivity contribution is 0.354. The molecular formula is C21H23ClFN7S. The van der Waals surface area contributed by atoms with E-state index in [0.29, 0.717) is 35.0 Å². The Kier molecular flexibility index (Phi) is 5.07. The van der Waals surface area contributed by atoms with E-state index in [-0.39, 0.29) is 18.2 Å². The molecule has 0 radical (unpaired) electrons. The summed E-state index contributed by atoms with van der Waals surface area (Å²) in [4.78, 5) is 17.1. The van der Waals surface area contributed by atoms with Gasteiger partial charge >= 0.3 is 0 Å². The molecule has 10 heteroatoms. The fourth-order valence-electron chi connectivity index (χ4n) is 4.85. The van der Waals surface area contributed by atoms with E-state index in [9.17, 15) is 4.39 Å². The highest BCUT2D eigenvalue weighted by atomic mass is 35.5. The van der Waals surface area contributed by atoms with Gasteiger partial charge in [-0.1, -0.05) is 11.3 Å². The standard InChI is InChI=1S/C21H22FN7S.ClH/c1-28-10-12-5-11(6-16(22)18(12)27-28)19-23-9-17-20(26-19)30-21(25-17)29(2)15-7-13-3-4-14(8-15)24-13;/h5-6,9-10,13-15,24H,3-4,7-8H2,1-2H3;1H. The Balaban J connectivity index is 0.00000204. The minimum atomic E-state index is -0.364. The minimum Gasteiger partial charge on any atom is -0.348 e. The van der Waals surface area contributed by atoms with Crippen LogP contribution in [0.15, 0.2) is 24.5 Å². The summed E-state index contributed by atoms with van der Waals surface area (Å²) in [6.45, 7) is 0. The number of benzene rings is 1. The second kappa shape index (κ2) is 7.65. The number of anilines is 1. The van der Waals surface area contributed by atoms with Crippen LogP contribution in [0.3, 0.4) is 0 Å². The molecule has 2 bridgehead atoms. The van der Waals surface area contributed by atoms with Gasteiger partial charge < -0.3 is 10.2 Å². The molecule has 162 valence electrons. The molecule has 2 unspecified atom stereocenters. The SMILES string of the molecule is CN(c1nc2cnc(-c3cc(F)c4nn(C)cc4c3)nc2s1)C1CC2CCC(C1)N2.Cl. The summed E-state index contributed by atoms with van der Waals surface area (Å²) in [7, 11) is 3.91. The lowest BCUT2D eigenvalue weighted by Gasteiger charge is -2.35. The van der Waals surface area contributed by atoms with Gasteiger partial charge in [0.05, 0.1) is 6.20 Å². The summed E-state index contributed by atoms with van der Waals surface area (Å²) >= 11 is 1.58. The second-order valence-electron chi connectivity index (χ2n) is 8.45. The van der Waals surface area contributed by atoms with Gasteiger partial charge in [0.15, 0.2) is 16.8 Å². The van der Waals surface area contributed by atoms with Crippen molar-refractivity contribution in [1.82, 2.24) is 30.0 Å². The van der Waals surface area contributed by atoms with E-state index in [4.69, 9.17) is 9.97 Å². The van der Waals surface area contributed by atoms with Crippen molar-refractivity contribution >= 4 is 50.1 Å². The summed E-state index contributed by atoms with van der Waals surface area (Å²) in [6, 6.07) is 5.10. The lowest BCUT2D eigenvalue weighted by atomic mass is 9.99. The van der Waals surface area contributed by atoms with Crippen LogP contribution in [0.4, 0.5) is 9.52 Å². The number of hydrogen-bond acceptors (Lipinski definition) is 7. The number of thiazole rings is 1. The molecule has 1 aromatic carbocycles. The molecule has 0 saturated carbocycles. The van der Waals surface area contributed by atoms with Crippen molar-refractivity contribution in [1.29, 1.82) is 0 Å². The zero-order chi connectivity index (χ0) is 20.4. The van der Waals surface area contributed by atoms with Crippen LogP contribution in [0.2, 0.25) is 0 Å². The molecule has 0 aliphatic carbocycles. The van der Waals surface area contributed by atoms with Crippen LogP contribution in [0.1, 0.15) is 25.7 Å². The highest BCUT2D eigenvalue weighted by Crippen LogP contribution is 2.35. The molecule has 2 saturated heterocycles. The predicted molar refractivity (Wildman–Crippen MR) is 123 cm³/mol. The van der Waals surface area contributed by atoms with Gasteiger partial charge in [0.2, 0.25) is 0 Å². The molecule has 2 atom stereocenters. The van der Waals surface area contributed by atoms with Crippen LogP contribution in [0, 0.1) is 5.82 Å². The molecular weight excluding hydrogens is 437 g/mol. The molecule has 3 aromatic heterocycles. The molecule has 6 rings (SSSR count). The van der Waals surface area contributed by atoms with Crippen LogP contribution in [-0.2, 0) is 7.05 Å². The highest BCUT2D eigenvalue weighted by Gasteiger charge is 2.35. The smallest absolute Gasteiger partial charge is 0.187 e. The molecule has 1 N–H and O–H groups in total. The van der Waals surface area contributed by atoms with Gasteiger partial charge in [-0.3, -0.25) is 4.68 Å². The second-order valence-corrected chi connectivity index (χ2v) is 9.41. The highest BCUT2D eigenvalue weighted by molar-refractivity contribution is 7.21. The zero-order valence-electron chi connectivity index (χ0n) is 17.2. The van der Waals surface area contributed by atoms with Crippen molar-refractivity contribution in [3.63, 3.8) is 0 Å². The van der Waals surface area contributed by atoms with E-state index >= 15 is 0 Å². The minimum absolute atomic E-state index is 0. The Morgan fingerprint density at radius 2 is 1.97 bits per heavy atom. The number of halogens is 2. The van der Waals surface area contributed by atoms with Gasteiger partial charge in [-0.05, 0) is 37.8 Å². The molecule has 2 aliphatic rings. The van der Waals surface area contributed by atoms with Crippen molar-refractivity contribution < 1.29 is 4.39 Å². The van der Waals surface area contributed by atoms with Crippen molar-refractivity contribution in [3.05, 3.63) is 30.3 Å². The summed E-state index contributed by atoms with van der Waals surface area (Å²) in [5.41, 5.74) is 1.79.